The molecule has 0 N–H and O–H groups in total. The Morgan fingerprint density at radius 3 is 1.93 bits per heavy atom. The Morgan fingerprint density at radius 2 is 1.38 bits per heavy atom. The summed E-state index contributed by atoms with van der Waals surface area (Å²) in [7, 11) is 0. The molecule has 4 rings (SSSR count). The first kappa shape index (κ1) is 19.9. The third-order valence-corrected chi connectivity index (χ3v) is 6.49. The molecule has 2 heterocycles. The van der Waals surface area contributed by atoms with Crippen molar-refractivity contribution >= 4 is 35.2 Å². The first-order chi connectivity index (χ1) is 14.0. The van der Waals surface area contributed by atoms with Crippen LogP contribution in [0.25, 0.3) is 0 Å². The first-order valence-corrected chi connectivity index (χ1v) is 10.5. The van der Waals surface area contributed by atoms with E-state index in [4.69, 9.17) is 11.6 Å². The molecular weight excluding hydrogens is 394 g/mol. The van der Waals surface area contributed by atoms with E-state index in [0.717, 1.165) is 30.6 Å². The van der Waals surface area contributed by atoms with Crippen molar-refractivity contribution in [3.05, 3.63) is 34.9 Å². The number of carbonyl (C=O) groups is 4. The van der Waals surface area contributed by atoms with E-state index in [1.165, 1.54) is 0 Å². The van der Waals surface area contributed by atoms with Gasteiger partial charge in [-0.1, -0.05) is 24.4 Å². The fourth-order valence-corrected chi connectivity index (χ4v) is 4.68. The van der Waals surface area contributed by atoms with Crippen LogP contribution in [0.4, 0.5) is 0 Å². The summed E-state index contributed by atoms with van der Waals surface area (Å²) >= 11 is 5.87. The standard InChI is InChI=1S/C21H24ClN3O4/c22-15-7-5-14(6-8-15)19(27)24-11-9-23(10-12-24)18(26)13-25-20(28)16-3-1-2-4-17(16)21(25)29/h5-8,16-17H,1-4,9-13H2/t16-,17+. The zero-order valence-electron chi connectivity index (χ0n) is 16.2. The van der Waals surface area contributed by atoms with Crippen LogP contribution < -0.4 is 0 Å². The number of nitrogens with zero attached hydrogens (tertiary/aromatic N) is 3. The van der Waals surface area contributed by atoms with Gasteiger partial charge in [-0.25, -0.2) is 0 Å². The number of amides is 4. The van der Waals surface area contributed by atoms with Crippen molar-refractivity contribution in [3.8, 4) is 0 Å². The zero-order chi connectivity index (χ0) is 20.5. The molecule has 1 aromatic carbocycles. The van der Waals surface area contributed by atoms with Crippen LogP contribution in [-0.2, 0) is 14.4 Å². The van der Waals surface area contributed by atoms with Crippen molar-refractivity contribution in [3.63, 3.8) is 0 Å². The molecule has 2 saturated heterocycles. The minimum Gasteiger partial charge on any atom is -0.338 e. The van der Waals surface area contributed by atoms with Crippen molar-refractivity contribution in [1.82, 2.24) is 14.7 Å². The highest BCUT2D eigenvalue weighted by Gasteiger charge is 2.48. The van der Waals surface area contributed by atoms with Gasteiger partial charge in [-0.3, -0.25) is 24.1 Å². The molecule has 154 valence electrons. The largest absolute Gasteiger partial charge is 0.338 e. The van der Waals surface area contributed by atoms with Gasteiger partial charge in [-0.2, -0.15) is 0 Å². The molecular formula is C21H24ClN3O4. The van der Waals surface area contributed by atoms with E-state index < -0.39 is 0 Å². The summed E-state index contributed by atoms with van der Waals surface area (Å²) < 4.78 is 0. The highest BCUT2D eigenvalue weighted by Crippen LogP contribution is 2.37. The van der Waals surface area contributed by atoms with Gasteiger partial charge >= 0.3 is 0 Å². The van der Waals surface area contributed by atoms with Gasteiger partial charge in [-0.05, 0) is 37.1 Å². The number of rotatable bonds is 3. The second-order valence-corrected chi connectivity index (χ2v) is 8.38. The number of hydrogen-bond donors (Lipinski definition) is 0. The van der Waals surface area contributed by atoms with E-state index in [9.17, 15) is 19.2 Å². The molecule has 0 aromatic heterocycles. The fourth-order valence-electron chi connectivity index (χ4n) is 4.56. The van der Waals surface area contributed by atoms with Gasteiger partial charge in [0.05, 0.1) is 11.8 Å². The molecule has 29 heavy (non-hydrogen) atoms. The van der Waals surface area contributed by atoms with E-state index in [-0.39, 0.29) is 42.0 Å². The van der Waals surface area contributed by atoms with Crippen LogP contribution in [-0.4, -0.2) is 71.1 Å². The maximum atomic E-state index is 12.7. The lowest BCUT2D eigenvalue weighted by molar-refractivity contribution is -0.147. The maximum Gasteiger partial charge on any atom is 0.253 e. The molecule has 1 saturated carbocycles. The Labute approximate surface area is 174 Å². The highest BCUT2D eigenvalue weighted by atomic mass is 35.5. The van der Waals surface area contributed by atoms with E-state index in [1.807, 2.05) is 0 Å². The second kappa shape index (κ2) is 8.14. The molecule has 2 aliphatic heterocycles. The Kier molecular flexibility index (Phi) is 5.58. The Balaban J connectivity index is 1.32. The molecule has 0 radical (unpaired) electrons. The third-order valence-electron chi connectivity index (χ3n) is 6.24. The van der Waals surface area contributed by atoms with Gasteiger partial charge in [0.25, 0.3) is 5.91 Å². The SMILES string of the molecule is O=C(CN1C(=O)[C@H]2CCCC[C@H]2C1=O)N1CCN(C(=O)c2ccc(Cl)cc2)CC1. The second-order valence-electron chi connectivity index (χ2n) is 7.94. The molecule has 1 aromatic rings. The van der Waals surface area contributed by atoms with Crippen LogP contribution in [0.2, 0.25) is 5.02 Å². The summed E-state index contributed by atoms with van der Waals surface area (Å²) in [6.45, 7) is 1.43. The van der Waals surface area contributed by atoms with Crippen molar-refractivity contribution in [2.24, 2.45) is 11.8 Å². The lowest BCUT2D eigenvalue weighted by Crippen LogP contribution is -2.53. The molecule has 1 aliphatic carbocycles. The van der Waals surface area contributed by atoms with Crippen molar-refractivity contribution in [2.75, 3.05) is 32.7 Å². The summed E-state index contributed by atoms with van der Waals surface area (Å²) in [5.74, 6) is -1.18. The zero-order valence-corrected chi connectivity index (χ0v) is 16.9. The van der Waals surface area contributed by atoms with Crippen LogP contribution in [0.15, 0.2) is 24.3 Å². The number of halogens is 1. The van der Waals surface area contributed by atoms with Crippen molar-refractivity contribution in [2.45, 2.75) is 25.7 Å². The Hall–Kier alpha value is -2.41. The van der Waals surface area contributed by atoms with Gasteiger partial charge < -0.3 is 9.80 Å². The average Bonchev–Trinajstić information content (AvgIpc) is 2.99. The minimum absolute atomic E-state index is 0.0947. The van der Waals surface area contributed by atoms with Gasteiger partial charge in [0.2, 0.25) is 17.7 Å². The van der Waals surface area contributed by atoms with E-state index >= 15 is 0 Å². The fraction of sp³-hybridized carbons (Fsp3) is 0.524. The molecule has 8 heteroatoms. The Bertz CT molecular complexity index is 809. The summed E-state index contributed by atoms with van der Waals surface area (Å²) in [5.41, 5.74) is 0.560. The molecule has 3 aliphatic rings. The van der Waals surface area contributed by atoms with Crippen LogP contribution in [0, 0.1) is 11.8 Å². The molecule has 0 bridgehead atoms. The number of carbonyl (C=O) groups excluding carboxylic acids is 4. The van der Waals surface area contributed by atoms with Crippen LogP contribution in [0.3, 0.4) is 0 Å². The van der Waals surface area contributed by atoms with Gasteiger partial charge in [0, 0.05) is 36.8 Å². The van der Waals surface area contributed by atoms with E-state index in [2.05, 4.69) is 0 Å². The molecule has 2 atom stereocenters. The minimum atomic E-state index is -0.238. The van der Waals surface area contributed by atoms with Crippen LogP contribution in [0.1, 0.15) is 36.0 Å². The predicted molar refractivity (Wildman–Crippen MR) is 106 cm³/mol. The van der Waals surface area contributed by atoms with Gasteiger partial charge in [0.15, 0.2) is 0 Å². The lowest BCUT2D eigenvalue weighted by atomic mass is 9.81. The first-order valence-electron chi connectivity index (χ1n) is 10.1. The maximum absolute atomic E-state index is 12.7. The third kappa shape index (κ3) is 3.88. The van der Waals surface area contributed by atoms with Crippen molar-refractivity contribution < 1.29 is 19.2 Å². The molecule has 4 amide bonds. The number of piperazine rings is 1. The number of benzene rings is 1. The summed E-state index contributed by atoms with van der Waals surface area (Å²) in [5, 5.41) is 0.572. The number of fused-ring (bicyclic) bond motifs is 1. The lowest BCUT2D eigenvalue weighted by Gasteiger charge is -2.35. The predicted octanol–water partition coefficient (Wildman–Crippen LogP) is 1.80. The molecule has 7 nitrogen and oxygen atoms in total. The monoisotopic (exact) mass is 417 g/mol. The number of likely N-dealkylation sites (tertiary alicyclic amines) is 1. The summed E-state index contributed by atoms with van der Waals surface area (Å²) in [6, 6.07) is 6.73. The van der Waals surface area contributed by atoms with Gasteiger partial charge in [-0.15, -0.1) is 0 Å². The van der Waals surface area contributed by atoms with Crippen LogP contribution in [0.5, 0.6) is 0 Å². The molecule has 0 unspecified atom stereocenters. The number of imide groups is 1. The quantitative estimate of drug-likeness (QED) is 0.702. The normalized spacial score (nSPS) is 24.7. The molecule has 3 fully saturated rings. The highest BCUT2D eigenvalue weighted by molar-refractivity contribution is 6.30. The van der Waals surface area contributed by atoms with E-state index in [0.29, 0.717) is 36.8 Å². The summed E-state index contributed by atoms with van der Waals surface area (Å²) in [6.07, 6.45) is 3.41. The van der Waals surface area contributed by atoms with Crippen LogP contribution >= 0.6 is 11.6 Å². The molecule has 0 spiro atoms. The average molecular weight is 418 g/mol. The Morgan fingerprint density at radius 1 is 0.862 bits per heavy atom. The van der Waals surface area contributed by atoms with Gasteiger partial charge in [0.1, 0.15) is 6.54 Å². The van der Waals surface area contributed by atoms with Crippen molar-refractivity contribution in [1.29, 1.82) is 0 Å². The smallest absolute Gasteiger partial charge is 0.253 e. The van der Waals surface area contributed by atoms with E-state index in [1.54, 1.807) is 34.1 Å². The number of hydrogen-bond acceptors (Lipinski definition) is 4. The summed E-state index contributed by atoms with van der Waals surface area (Å²) in [4.78, 5) is 54.9. The topological polar surface area (TPSA) is 78.0 Å².